The number of allylic oxidation sites excluding steroid dienone is 2. The van der Waals surface area contributed by atoms with Gasteiger partial charge in [0, 0.05) is 0 Å². The zero-order chi connectivity index (χ0) is 15.9. The first-order chi connectivity index (χ1) is 9.85. The molecule has 0 spiro atoms. The molecule has 0 unspecified atom stereocenters. The summed E-state index contributed by atoms with van der Waals surface area (Å²) in [5.74, 6) is 0.0544. The van der Waals surface area contributed by atoms with Gasteiger partial charge in [-0.3, -0.25) is 0 Å². The number of hydrogen-bond donors (Lipinski definition) is 1. The summed E-state index contributed by atoms with van der Waals surface area (Å²) in [6.45, 7) is 5.79. The van der Waals surface area contributed by atoms with E-state index in [-0.39, 0.29) is 12.4 Å². The van der Waals surface area contributed by atoms with E-state index in [0.29, 0.717) is 4.90 Å². The zero-order valence-electron chi connectivity index (χ0n) is 13.0. The molecule has 0 fully saturated rings. The Morgan fingerprint density at radius 3 is 2.29 bits per heavy atom. The molecule has 0 atom stereocenters. The predicted molar refractivity (Wildman–Crippen MR) is 87.1 cm³/mol. The quantitative estimate of drug-likeness (QED) is 0.785. The summed E-state index contributed by atoms with van der Waals surface area (Å²) < 4.78 is 24.5. The highest BCUT2D eigenvalue weighted by molar-refractivity contribution is 7.91. The maximum absolute atomic E-state index is 12.3. The molecule has 0 heterocycles. The Morgan fingerprint density at radius 2 is 1.71 bits per heavy atom. The van der Waals surface area contributed by atoms with Crippen molar-refractivity contribution in [1.29, 1.82) is 0 Å². The van der Waals surface area contributed by atoms with E-state index in [0.717, 1.165) is 29.6 Å². The van der Waals surface area contributed by atoms with Crippen LogP contribution in [0.25, 0.3) is 0 Å². The fourth-order valence-electron chi connectivity index (χ4n) is 1.99. The lowest BCUT2D eigenvalue weighted by molar-refractivity contribution is 0.341. The summed E-state index contributed by atoms with van der Waals surface area (Å²) in [7, 11) is -3.26. The van der Waals surface area contributed by atoms with E-state index >= 15 is 0 Å². The van der Waals surface area contributed by atoms with E-state index in [9.17, 15) is 8.42 Å². The number of benzene rings is 1. The molecule has 116 valence electrons. The molecule has 1 aromatic rings. The minimum absolute atomic E-state index is 0.0519. The minimum Gasteiger partial charge on any atom is -0.392 e. The molecule has 0 aliphatic carbocycles. The Labute approximate surface area is 127 Å². The molecule has 0 amide bonds. The van der Waals surface area contributed by atoms with E-state index in [2.05, 4.69) is 0 Å². The maximum atomic E-state index is 12.3. The van der Waals surface area contributed by atoms with Gasteiger partial charge >= 0.3 is 0 Å². The van der Waals surface area contributed by atoms with Gasteiger partial charge in [-0.1, -0.05) is 41.0 Å². The molecule has 0 radical (unpaired) electrons. The molecule has 1 N–H and O–H groups in total. The number of aryl methyl sites for hydroxylation is 1. The van der Waals surface area contributed by atoms with Crippen molar-refractivity contribution >= 4 is 9.84 Å². The van der Waals surface area contributed by atoms with Crippen molar-refractivity contribution in [3.8, 4) is 0 Å². The van der Waals surface area contributed by atoms with Crippen molar-refractivity contribution < 1.29 is 13.5 Å². The molecule has 1 rings (SSSR count). The van der Waals surface area contributed by atoms with Gasteiger partial charge in [0.05, 0.1) is 17.3 Å². The third-order valence-electron chi connectivity index (χ3n) is 3.27. The van der Waals surface area contributed by atoms with E-state index in [4.69, 9.17) is 5.11 Å². The second-order valence-corrected chi connectivity index (χ2v) is 7.38. The molecule has 3 nitrogen and oxygen atoms in total. The topological polar surface area (TPSA) is 54.4 Å². The van der Waals surface area contributed by atoms with Crippen LogP contribution in [0.4, 0.5) is 0 Å². The van der Waals surface area contributed by atoms with E-state index in [1.165, 1.54) is 0 Å². The Kier molecular flexibility index (Phi) is 6.85. The fourth-order valence-corrected chi connectivity index (χ4v) is 3.43. The summed E-state index contributed by atoms with van der Waals surface area (Å²) >= 11 is 0. The number of sulfone groups is 1. The van der Waals surface area contributed by atoms with Crippen LogP contribution < -0.4 is 0 Å². The molecular formula is C17H24O3S. The third-order valence-corrected chi connectivity index (χ3v) is 5.09. The number of hydrogen-bond acceptors (Lipinski definition) is 3. The SMILES string of the molecule is CC(=CCC/C(C)=C/CO)CS(=O)(=O)c1ccc(C)cc1. The summed E-state index contributed by atoms with van der Waals surface area (Å²) in [4.78, 5) is 0.372. The molecule has 0 saturated heterocycles. The molecule has 0 aliphatic heterocycles. The van der Waals surface area contributed by atoms with Crippen LogP contribution in [0, 0.1) is 6.92 Å². The van der Waals surface area contributed by atoms with Gasteiger partial charge in [-0.15, -0.1) is 0 Å². The van der Waals surface area contributed by atoms with Crippen LogP contribution in [-0.4, -0.2) is 25.9 Å². The summed E-state index contributed by atoms with van der Waals surface area (Å²) in [6, 6.07) is 6.95. The number of aliphatic hydroxyl groups is 1. The standard InChI is InChI=1S/C17H24O3S/c1-14(11-12-18)5-4-6-16(3)13-21(19,20)17-9-7-15(2)8-10-17/h6-11,18H,4-5,12-13H2,1-3H3/b14-11+,16-6?. The van der Waals surface area contributed by atoms with Crippen LogP contribution >= 0.6 is 0 Å². The first-order valence-corrected chi connectivity index (χ1v) is 8.72. The van der Waals surface area contributed by atoms with Crippen molar-refractivity contribution in [2.45, 2.75) is 38.5 Å². The molecular weight excluding hydrogens is 284 g/mol. The van der Waals surface area contributed by atoms with Crippen LogP contribution in [-0.2, 0) is 9.84 Å². The van der Waals surface area contributed by atoms with Gasteiger partial charge in [0.2, 0.25) is 0 Å². The van der Waals surface area contributed by atoms with Crippen molar-refractivity contribution in [1.82, 2.24) is 0 Å². The average Bonchev–Trinajstić information content (AvgIpc) is 2.38. The predicted octanol–water partition coefficient (Wildman–Crippen LogP) is 3.43. The highest BCUT2D eigenvalue weighted by Gasteiger charge is 2.14. The normalized spacial score (nSPS) is 13.5. The van der Waals surface area contributed by atoms with Crippen LogP contribution in [0.15, 0.2) is 52.5 Å². The van der Waals surface area contributed by atoms with Crippen molar-refractivity contribution in [2.24, 2.45) is 0 Å². The lowest BCUT2D eigenvalue weighted by Crippen LogP contribution is -2.07. The van der Waals surface area contributed by atoms with Gasteiger partial charge in [0.1, 0.15) is 0 Å². The first-order valence-electron chi connectivity index (χ1n) is 7.06. The smallest absolute Gasteiger partial charge is 0.182 e. The van der Waals surface area contributed by atoms with Gasteiger partial charge in [-0.05, 0) is 45.7 Å². The zero-order valence-corrected chi connectivity index (χ0v) is 13.8. The van der Waals surface area contributed by atoms with E-state index in [1.54, 1.807) is 18.2 Å². The Morgan fingerprint density at radius 1 is 1.10 bits per heavy atom. The lowest BCUT2D eigenvalue weighted by atomic mass is 10.1. The van der Waals surface area contributed by atoms with Crippen LogP contribution in [0.3, 0.4) is 0 Å². The molecule has 4 heteroatoms. The summed E-state index contributed by atoms with van der Waals surface area (Å²) in [5.41, 5.74) is 3.02. The number of aliphatic hydroxyl groups excluding tert-OH is 1. The highest BCUT2D eigenvalue weighted by Crippen LogP contribution is 2.15. The molecule has 1 aromatic carbocycles. The van der Waals surface area contributed by atoms with Crippen molar-refractivity contribution in [3.05, 3.63) is 53.1 Å². The van der Waals surface area contributed by atoms with E-state index < -0.39 is 9.84 Å². The van der Waals surface area contributed by atoms with E-state index in [1.807, 2.05) is 39.0 Å². The fraction of sp³-hybridized carbons (Fsp3) is 0.412. The largest absolute Gasteiger partial charge is 0.392 e. The Hall–Kier alpha value is -1.39. The van der Waals surface area contributed by atoms with Gasteiger partial charge in [-0.25, -0.2) is 8.42 Å². The monoisotopic (exact) mass is 308 g/mol. The molecule has 21 heavy (non-hydrogen) atoms. The molecule has 0 aromatic heterocycles. The van der Waals surface area contributed by atoms with Crippen LogP contribution in [0.2, 0.25) is 0 Å². The lowest BCUT2D eigenvalue weighted by Gasteiger charge is -2.06. The van der Waals surface area contributed by atoms with Gasteiger partial charge in [0.15, 0.2) is 9.84 Å². The highest BCUT2D eigenvalue weighted by atomic mass is 32.2. The Balaban J connectivity index is 2.66. The summed E-state index contributed by atoms with van der Waals surface area (Å²) in [6.07, 6.45) is 5.35. The van der Waals surface area contributed by atoms with Crippen LogP contribution in [0.5, 0.6) is 0 Å². The number of rotatable bonds is 7. The second kappa shape index (κ2) is 8.15. The van der Waals surface area contributed by atoms with Gasteiger partial charge in [0.25, 0.3) is 0 Å². The van der Waals surface area contributed by atoms with Crippen molar-refractivity contribution in [2.75, 3.05) is 12.4 Å². The van der Waals surface area contributed by atoms with Crippen molar-refractivity contribution in [3.63, 3.8) is 0 Å². The summed E-state index contributed by atoms with van der Waals surface area (Å²) in [5, 5.41) is 8.77. The molecule has 0 bridgehead atoms. The molecule has 0 saturated carbocycles. The van der Waals surface area contributed by atoms with Gasteiger partial charge in [-0.2, -0.15) is 0 Å². The average molecular weight is 308 g/mol. The second-order valence-electron chi connectivity index (χ2n) is 5.39. The minimum atomic E-state index is -3.26. The first kappa shape index (κ1) is 17.7. The third kappa shape index (κ3) is 6.27. The maximum Gasteiger partial charge on any atom is 0.182 e. The molecule has 0 aliphatic rings. The van der Waals surface area contributed by atoms with Gasteiger partial charge < -0.3 is 5.11 Å². The van der Waals surface area contributed by atoms with Crippen LogP contribution in [0.1, 0.15) is 32.3 Å². The Bertz CT molecular complexity index is 608.